The number of hydrogen-bond acceptors (Lipinski definition) is 6. The summed E-state index contributed by atoms with van der Waals surface area (Å²) >= 11 is 19.2. The van der Waals surface area contributed by atoms with Crippen LogP contribution in [-0.4, -0.2) is 53.7 Å². The molecule has 290 valence electrons. The van der Waals surface area contributed by atoms with Gasteiger partial charge < -0.3 is 15.4 Å². The molecule has 0 aromatic heterocycles. The molecule has 0 radical (unpaired) electrons. The molecule has 0 spiro atoms. The minimum absolute atomic E-state index is 0.000389. The van der Waals surface area contributed by atoms with Crippen LogP contribution in [0.1, 0.15) is 109 Å². The van der Waals surface area contributed by atoms with Crippen molar-refractivity contribution in [3.8, 4) is 5.75 Å². The second-order valence-electron chi connectivity index (χ2n) is 15.7. The van der Waals surface area contributed by atoms with Crippen LogP contribution in [0.25, 0.3) is 0 Å². The van der Waals surface area contributed by atoms with E-state index < -0.39 is 18.1 Å². The number of anilines is 2. The summed E-state index contributed by atoms with van der Waals surface area (Å²) in [5, 5.41) is 12.2. The average Bonchev–Trinajstić information content (AvgIpc) is 3.44. The SMILES string of the molecule is CCC(Oc1ccc(C(C)(C)CC)cc1C(C)(C)CC)C(=O)Nc1cccc(C(=O)NC2=NN(c3c(Cl)cc(Cl)cc3Cl)C(=O)C2N2CCCC(C)C2)c1. The van der Waals surface area contributed by atoms with Crippen LogP contribution in [-0.2, 0) is 20.4 Å². The van der Waals surface area contributed by atoms with Crippen molar-refractivity contribution in [3.63, 3.8) is 0 Å². The van der Waals surface area contributed by atoms with Crippen LogP contribution in [0.5, 0.6) is 5.75 Å². The van der Waals surface area contributed by atoms with Crippen LogP contribution in [0.3, 0.4) is 0 Å². The second-order valence-corrected chi connectivity index (χ2v) is 17.0. The highest BCUT2D eigenvalue weighted by atomic mass is 35.5. The number of nitrogens with zero attached hydrogens (tertiary/aromatic N) is 3. The molecule has 3 amide bonds. The fraction of sp³-hybridized carbons (Fsp3) is 0.476. The molecule has 3 atom stereocenters. The number of piperidine rings is 1. The van der Waals surface area contributed by atoms with Crippen LogP contribution in [0.15, 0.2) is 59.7 Å². The van der Waals surface area contributed by atoms with Crippen molar-refractivity contribution in [1.82, 2.24) is 10.2 Å². The van der Waals surface area contributed by atoms with E-state index >= 15 is 0 Å². The first-order valence-electron chi connectivity index (χ1n) is 18.8. The molecule has 0 bridgehead atoms. The van der Waals surface area contributed by atoms with E-state index in [0.29, 0.717) is 41.9 Å². The number of rotatable bonds is 12. The lowest BCUT2D eigenvalue weighted by Crippen LogP contribution is -2.54. The van der Waals surface area contributed by atoms with E-state index in [2.05, 4.69) is 76.3 Å². The quantitative estimate of drug-likeness (QED) is 0.190. The average molecular weight is 797 g/mol. The third-order valence-corrected chi connectivity index (χ3v) is 11.8. The van der Waals surface area contributed by atoms with Crippen LogP contribution in [0, 0.1) is 5.92 Å². The lowest BCUT2D eigenvalue weighted by molar-refractivity contribution is -0.123. The van der Waals surface area contributed by atoms with E-state index in [9.17, 15) is 14.4 Å². The number of carbonyl (C=O) groups excluding carboxylic acids is 3. The Labute approximate surface area is 334 Å². The van der Waals surface area contributed by atoms with Gasteiger partial charge in [-0.3, -0.25) is 19.3 Å². The van der Waals surface area contributed by atoms with Crippen molar-refractivity contribution in [1.29, 1.82) is 0 Å². The van der Waals surface area contributed by atoms with Gasteiger partial charge in [0.15, 0.2) is 18.0 Å². The minimum Gasteiger partial charge on any atom is -0.480 e. The zero-order chi connectivity index (χ0) is 39.5. The number of amidine groups is 1. The van der Waals surface area contributed by atoms with Gasteiger partial charge in [0.25, 0.3) is 17.7 Å². The van der Waals surface area contributed by atoms with Gasteiger partial charge in [-0.25, -0.2) is 0 Å². The van der Waals surface area contributed by atoms with Crippen molar-refractivity contribution in [2.24, 2.45) is 11.0 Å². The first-order valence-corrected chi connectivity index (χ1v) is 20.0. The monoisotopic (exact) mass is 795 g/mol. The Balaban J connectivity index is 1.37. The van der Waals surface area contributed by atoms with Gasteiger partial charge in [-0.1, -0.05) is 108 Å². The van der Waals surface area contributed by atoms with Crippen molar-refractivity contribution < 1.29 is 19.1 Å². The first-order chi connectivity index (χ1) is 25.5. The van der Waals surface area contributed by atoms with Crippen LogP contribution >= 0.6 is 34.8 Å². The van der Waals surface area contributed by atoms with Crippen LogP contribution in [0.2, 0.25) is 15.1 Å². The maximum atomic E-state index is 14.0. The molecule has 1 saturated heterocycles. The predicted molar refractivity (Wildman–Crippen MR) is 220 cm³/mol. The summed E-state index contributed by atoms with van der Waals surface area (Å²) < 4.78 is 6.47. The van der Waals surface area contributed by atoms with E-state index in [-0.39, 0.29) is 49.8 Å². The predicted octanol–water partition coefficient (Wildman–Crippen LogP) is 10.0. The molecule has 12 heteroatoms. The summed E-state index contributed by atoms with van der Waals surface area (Å²) in [6.45, 7) is 18.5. The topological polar surface area (TPSA) is 103 Å². The molecule has 3 unspecified atom stereocenters. The summed E-state index contributed by atoms with van der Waals surface area (Å²) in [5.41, 5.74) is 3.02. The molecule has 0 saturated carbocycles. The highest BCUT2D eigenvalue weighted by molar-refractivity contribution is 6.43. The lowest BCUT2D eigenvalue weighted by Gasteiger charge is -2.34. The molecule has 2 aliphatic rings. The van der Waals surface area contributed by atoms with E-state index in [1.54, 1.807) is 24.3 Å². The third kappa shape index (κ3) is 9.07. The molecule has 3 aromatic carbocycles. The molecule has 9 nitrogen and oxygen atoms in total. The molecule has 0 aliphatic carbocycles. The largest absolute Gasteiger partial charge is 0.480 e. The van der Waals surface area contributed by atoms with Gasteiger partial charge in [0.05, 0.1) is 10.0 Å². The number of carbonyl (C=O) groups is 3. The number of amides is 3. The van der Waals surface area contributed by atoms with Crippen molar-refractivity contribution in [2.45, 2.75) is 110 Å². The van der Waals surface area contributed by atoms with Gasteiger partial charge in [0, 0.05) is 28.4 Å². The second kappa shape index (κ2) is 17.0. The number of halogens is 3. The summed E-state index contributed by atoms with van der Waals surface area (Å²) in [4.78, 5) is 43.6. The van der Waals surface area contributed by atoms with Gasteiger partial charge in [-0.15, -0.1) is 5.10 Å². The molecular weight excluding hydrogens is 745 g/mol. The van der Waals surface area contributed by atoms with Crippen molar-refractivity contribution in [2.75, 3.05) is 23.4 Å². The van der Waals surface area contributed by atoms with E-state index in [1.807, 2.05) is 17.9 Å². The Morgan fingerprint density at radius 2 is 1.63 bits per heavy atom. The zero-order valence-corrected chi connectivity index (χ0v) is 34.8. The Morgan fingerprint density at radius 3 is 2.26 bits per heavy atom. The normalized spacial score (nSPS) is 18.7. The first kappa shape index (κ1) is 41.5. The van der Waals surface area contributed by atoms with E-state index in [4.69, 9.17) is 39.5 Å². The highest BCUT2D eigenvalue weighted by Gasteiger charge is 2.44. The van der Waals surface area contributed by atoms with E-state index in [0.717, 1.165) is 36.3 Å². The molecule has 54 heavy (non-hydrogen) atoms. The smallest absolute Gasteiger partial charge is 0.272 e. The Kier molecular flexibility index (Phi) is 13.1. The van der Waals surface area contributed by atoms with Gasteiger partial charge in [0.1, 0.15) is 11.4 Å². The summed E-state index contributed by atoms with van der Waals surface area (Å²) in [7, 11) is 0. The van der Waals surface area contributed by atoms with Gasteiger partial charge in [-0.05, 0) is 97.4 Å². The molecule has 1 fully saturated rings. The Hall–Kier alpha value is -3.63. The zero-order valence-electron chi connectivity index (χ0n) is 32.5. The molecule has 2 heterocycles. The molecule has 2 N–H and O–H groups in total. The fourth-order valence-electron chi connectivity index (χ4n) is 6.83. The number of benzene rings is 3. The maximum Gasteiger partial charge on any atom is 0.272 e. The summed E-state index contributed by atoms with van der Waals surface area (Å²) in [6, 6.07) is 15.1. The number of ether oxygens (including phenoxy) is 1. The maximum absolute atomic E-state index is 14.0. The minimum atomic E-state index is -0.852. The highest BCUT2D eigenvalue weighted by Crippen LogP contribution is 2.40. The van der Waals surface area contributed by atoms with E-state index in [1.165, 1.54) is 17.7 Å². The van der Waals surface area contributed by atoms with Gasteiger partial charge in [-0.2, -0.15) is 5.01 Å². The molecular formula is C42H52Cl3N5O4. The molecule has 3 aromatic rings. The number of likely N-dealkylation sites (tertiary alicyclic amines) is 1. The standard InChI is InChI=1S/C42H52Cl3N5O4/c1-9-33(54-34-18-17-27(41(5,6)10-2)21-30(34)42(7,8)11-3)39(52)46-29-16-12-15-26(20-29)38(51)47-37-36(49-19-13-14-25(4)24-49)40(53)50(48-37)35-31(44)22-28(43)23-32(35)45/h12,15-18,20-23,25,33,36H,9-11,13-14,19,24H2,1-8H3,(H,46,52)(H,47,48,51). The summed E-state index contributed by atoms with van der Waals surface area (Å²) in [6.07, 6.45) is 3.49. The van der Waals surface area contributed by atoms with Crippen molar-refractivity contribution in [3.05, 3.63) is 86.4 Å². The fourth-order valence-corrected chi connectivity index (χ4v) is 7.80. The Morgan fingerprint density at radius 1 is 0.944 bits per heavy atom. The Bertz CT molecular complexity index is 1910. The number of hydrazone groups is 1. The van der Waals surface area contributed by atoms with Crippen LogP contribution in [0.4, 0.5) is 11.4 Å². The van der Waals surface area contributed by atoms with Crippen LogP contribution < -0.4 is 20.4 Å². The lowest BCUT2D eigenvalue weighted by atomic mass is 9.76. The van der Waals surface area contributed by atoms with Gasteiger partial charge >= 0.3 is 0 Å². The van der Waals surface area contributed by atoms with Gasteiger partial charge in [0.2, 0.25) is 0 Å². The molecule has 5 rings (SSSR count). The number of hydrogen-bond donors (Lipinski definition) is 2. The third-order valence-electron chi connectivity index (χ3n) is 11.0. The van der Waals surface area contributed by atoms with Crippen molar-refractivity contribution >= 4 is 69.7 Å². The number of nitrogens with one attached hydrogen (secondary N) is 2. The summed E-state index contributed by atoms with van der Waals surface area (Å²) in [5.74, 6) is 0.0000823. The molecule has 2 aliphatic heterocycles.